The van der Waals surface area contributed by atoms with Crippen LogP contribution in [0.1, 0.15) is 71.8 Å². The summed E-state index contributed by atoms with van der Waals surface area (Å²) in [4.78, 5) is 11.5. The first-order chi connectivity index (χ1) is 9.12. The van der Waals surface area contributed by atoms with E-state index in [0.717, 1.165) is 31.2 Å². The Balaban J connectivity index is 0.00000200. The molecule has 0 heterocycles. The van der Waals surface area contributed by atoms with E-state index in [-0.39, 0.29) is 32.0 Å². The summed E-state index contributed by atoms with van der Waals surface area (Å²) in [6, 6.07) is 6.60. The minimum atomic E-state index is -0.259. The molecule has 2 rings (SSSR count). The Kier molecular flexibility index (Phi) is 8.23. The van der Waals surface area contributed by atoms with Gasteiger partial charge in [-0.15, -0.1) is 0 Å². The summed E-state index contributed by atoms with van der Waals surface area (Å²) in [6.07, 6.45) is 8.25. The molecule has 0 bridgehead atoms. The minimum Gasteiger partial charge on any atom is -0.370 e. The SMILES string of the molecule is C.C.NC(=O)CC1(c2ccc(F)cc2)CCCCCCC1. The van der Waals surface area contributed by atoms with Crippen LogP contribution in [0.4, 0.5) is 4.39 Å². The molecule has 1 aliphatic rings. The smallest absolute Gasteiger partial charge is 0.218 e. The molecule has 0 atom stereocenters. The summed E-state index contributed by atoms with van der Waals surface area (Å²) in [5.74, 6) is -0.492. The lowest BCUT2D eigenvalue weighted by molar-refractivity contribution is -0.119. The summed E-state index contributed by atoms with van der Waals surface area (Å²) < 4.78 is 13.1. The van der Waals surface area contributed by atoms with Crippen molar-refractivity contribution < 1.29 is 9.18 Å². The Labute approximate surface area is 128 Å². The number of halogens is 1. The molecule has 0 aliphatic heterocycles. The van der Waals surface area contributed by atoms with Crippen LogP contribution in [0.3, 0.4) is 0 Å². The zero-order chi connectivity index (χ0) is 13.7. The van der Waals surface area contributed by atoms with E-state index < -0.39 is 0 Å². The second-order valence-electron chi connectivity index (χ2n) is 5.70. The standard InChI is InChI=1S/C16H22FNO.2CH4/c17-14-8-6-13(7-9-14)16(12-15(18)19)10-4-2-1-3-5-11-16;;/h6-9H,1-5,10-12H2,(H2,18,19);2*1H4. The van der Waals surface area contributed by atoms with Gasteiger partial charge in [-0.05, 0) is 30.5 Å². The van der Waals surface area contributed by atoms with E-state index in [2.05, 4.69) is 0 Å². The number of carbonyl (C=O) groups is 1. The third-order valence-electron chi connectivity index (χ3n) is 4.28. The minimum absolute atomic E-state index is 0. The van der Waals surface area contributed by atoms with Crippen molar-refractivity contribution in [2.24, 2.45) is 5.73 Å². The summed E-state index contributed by atoms with van der Waals surface area (Å²) in [5, 5.41) is 0. The van der Waals surface area contributed by atoms with Crippen LogP contribution in [-0.4, -0.2) is 5.91 Å². The highest BCUT2D eigenvalue weighted by Crippen LogP contribution is 2.40. The van der Waals surface area contributed by atoms with Gasteiger partial charge in [0.25, 0.3) is 0 Å². The predicted molar refractivity (Wildman–Crippen MR) is 87.7 cm³/mol. The molecule has 120 valence electrons. The second kappa shape index (κ2) is 8.81. The van der Waals surface area contributed by atoms with Crippen LogP contribution in [0.2, 0.25) is 0 Å². The lowest BCUT2D eigenvalue weighted by Crippen LogP contribution is -2.33. The average Bonchev–Trinajstić information content (AvgIpc) is 2.33. The largest absolute Gasteiger partial charge is 0.370 e. The fraction of sp³-hybridized carbons (Fsp3) is 0.611. The van der Waals surface area contributed by atoms with Crippen LogP contribution in [0.5, 0.6) is 0 Å². The van der Waals surface area contributed by atoms with Crippen LogP contribution in [0, 0.1) is 5.82 Å². The normalized spacial score (nSPS) is 17.6. The fourth-order valence-corrected chi connectivity index (χ4v) is 3.29. The summed E-state index contributed by atoms with van der Waals surface area (Å²) >= 11 is 0. The lowest BCUT2D eigenvalue weighted by Gasteiger charge is -2.35. The number of benzene rings is 1. The Bertz CT molecular complexity index is 419. The van der Waals surface area contributed by atoms with Crippen molar-refractivity contribution in [1.29, 1.82) is 0 Å². The molecule has 21 heavy (non-hydrogen) atoms. The van der Waals surface area contributed by atoms with Crippen molar-refractivity contribution in [1.82, 2.24) is 0 Å². The van der Waals surface area contributed by atoms with E-state index in [9.17, 15) is 9.18 Å². The zero-order valence-electron chi connectivity index (χ0n) is 11.3. The topological polar surface area (TPSA) is 43.1 Å². The number of rotatable bonds is 3. The van der Waals surface area contributed by atoms with Crippen LogP contribution in [0.25, 0.3) is 0 Å². The molecule has 1 saturated carbocycles. The van der Waals surface area contributed by atoms with Crippen molar-refractivity contribution in [3.8, 4) is 0 Å². The molecule has 2 nitrogen and oxygen atoms in total. The maximum Gasteiger partial charge on any atom is 0.218 e. The van der Waals surface area contributed by atoms with Gasteiger partial charge in [0, 0.05) is 11.8 Å². The van der Waals surface area contributed by atoms with Gasteiger partial charge in [-0.1, -0.05) is 59.1 Å². The summed E-state index contributed by atoms with van der Waals surface area (Å²) in [7, 11) is 0. The molecule has 0 spiro atoms. The van der Waals surface area contributed by atoms with Gasteiger partial charge in [0.1, 0.15) is 5.82 Å². The maximum atomic E-state index is 13.1. The summed E-state index contributed by atoms with van der Waals surface area (Å²) in [5.41, 5.74) is 6.34. The molecule has 0 aromatic heterocycles. The highest BCUT2D eigenvalue weighted by molar-refractivity contribution is 5.75. The van der Waals surface area contributed by atoms with Gasteiger partial charge in [0.05, 0.1) is 0 Å². The first-order valence-electron chi connectivity index (χ1n) is 7.17. The quantitative estimate of drug-likeness (QED) is 0.842. The average molecular weight is 295 g/mol. The van der Waals surface area contributed by atoms with Gasteiger partial charge in [0.15, 0.2) is 0 Å². The van der Waals surface area contributed by atoms with E-state index >= 15 is 0 Å². The van der Waals surface area contributed by atoms with Crippen LogP contribution < -0.4 is 5.73 Å². The third kappa shape index (κ3) is 5.14. The van der Waals surface area contributed by atoms with Crippen LogP contribution >= 0.6 is 0 Å². The fourth-order valence-electron chi connectivity index (χ4n) is 3.29. The number of amides is 1. The Morgan fingerprint density at radius 1 is 1.00 bits per heavy atom. The van der Waals surface area contributed by atoms with E-state index in [4.69, 9.17) is 5.73 Å². The molecule has 1 aliphatic carbocycles. The molecule has 1 fully saturated rings. The predicted octanol–water partition coefficient (Wildman–Crippen LogP) is 4.96. The zero-order valence-corrected chi connectivity index (χ0v) is 11.3. The van der Waals surface area contributed by atoms with Crippen molar-refractivity contribution in [2.45, 2.75) is 71.6 Å². The highest BCUT2D eigenvalue weighted by atomic mass is 19.1. The Hall–Kier alpha value is -1.38. The van der Waals surface area contributed by atoms with E-state index in [1.54, 1.807) is 0 Å². The molecule has 0 saturated heterocycles. The van der Waals surface area contributed by atoms with Crippen molar-refractivity contribution in [3.63, 3.8) is 0 Å². The molecular formula is C18H30FNO. The van der Waals surface area contributed by atoms with Gasteiger partial charge in [-0.2, -0.15) is 0 Å². The van der Waals surface area contributed by atoms with Crippen molar-refractivity contribution in [2.75, 3.05) is 0 Å². The number of carbonyl (C=O) groups excluding carboxylic acids is 1. The van der Waals surface area contributed by atoms with Crippen molar-refractivity contribution >= 4 is 5.91 Å². The highest BCUT2D eigenvalue weighted by Gasteiger charge is 2.33. The number of hydrogen-bond donors (Lipinski definition) is 1. The monoisotopic (exact) mass is 295 g/mol. The van der Waals surface area contributed by atoms with Crippen LogP contribution in [-0.2, 0) is 10.2 Å². The number of nitrogens with two attached hydrogens (primary N) is 1. The second-order valence-corrected chi connectivity index (χ2v) is 5.70. The van der Waals surface area contributed by atoms with Crippen LogP contribution in [0.15, 0.2) is 24.3 Å². The van der Waals surface area contributed by atoms with E-state index in [0.29, 0.717) is 6.42 Å². The van der Waals surface area contributed by atoms with Gasteiger partial charge in [-0.25, -0.2) is 4.39 Å². The number of primary amides is 1. The van der Waals surface area contributed by atoms with Gasteiger partial charge < -0.3 is 5.73 Å². The molecule has 0 radical (unpaired) electrons. The van der Waals surface area contributed by atoms with E-state index in [1.807, 2.05) is 12.1 Å². The number of hydrogen-bond acceptors (Lipinski definition) is 1. The van der Waals surface area contributed by atoms with E-state index in [1.165, 1.54) is 31.4 Å². The summed E-state index contributed by atoms with van der Waals surface area (Å²) in [6.45, 7) is 0. The molecule has 1 amide bonds. The molecule has 3 heteroatoms. The first kappa shape index (κ1) is 19.6. The Morgan fingerprint density at radius 3 is 1.95 bits per heavy atom. The Morgan fingerprint density at radius 2 is 1.48 bits per heavy atom. The molecule has 2 N–H and O–H groups in total. The molecule has 1 aromatic carbocycles. The van der Waals surface area contributed by atoms with Gasteiger partial charge in [-0.3, -0.25) is 4.79 Å². The first-order valence-corrected chi connectivity index (χ1v) is 7.17. The van der Waals surface area contributed by atoms with Gasteiger partial charge >= 0.3 is 0 Å². The molecular weight excluding hydrogens is 265 g/mol. The molecule has 1 aromatic rings. The lowest BCUT2D eigenvalue weighted by atomic mass is 9.69. The van der Waals surface area contributed by atoms with Crippen molar-refractivity contribution in [3.05, 3.63) is 35.6 Å². The maximum absolute atomic E-state index is 13.1. The van der Waals surface area contributed by atoms with Gasteiger partial charge in [0.2, 0.25) is 5.91 Å². The third-order valence-corrected chi connectivity index (χ3v) is 4.28. The molecule has 0 unspecified atom stereocenters.